The van der Waals surface area contributed by atoms with Gasteiger partial charge in [-0.2, -0.15) is 0 Å². The van der Waals surface area contributed by atoms with Gasteiger partial charge in [-0.25, -0.2) is 0 Å². The second-order valence-corrected chi connectivity index (χ2v) is 8.95. The van der Waals surface area contributed by atoms with E-state index in [2.05, 4.69) is 46.4 Å². The molecular formula is C21H36N2O2. The number of ether oxygens (including phenoxy) is 1. The molecule has 1 unspecified atom stereocenters. The van der Waals surface area contributed by atoms with E-state index in [4.69, 9.17) is 10.5 Å². The van der Waals surface area contributed by atoms with E-state index in [9.17, 15) is 4.79 Å². The van der Waals surface area contributed by atoms with E-state index in [1.807, 2.05) is 12.2 Å². The molecule has 3 atom stereocenters. The first-order valence-corrected chi connectivity index (χ1v) is 9.63. The van der Waals surface area contributed by atoms with E-state index in [-0.39, 0.29) is 28.9 Å². The summed E-state index contributed by atoms with van der Waals surface area (Å²) in [7, 11) is 1.65. The number of piperidine rings is 1. The van der Waals surface area contributed by atoms with E-state index in [1.54, 1.807) is 7.11 Å². The van der Waals surface area contributed by atoms with Gasteiger partial charge >= 0.3 is 0 Å². The van der Waals surface area contributed by atoms with Gasteiger partial charge in [0.05, 0.1) is 13.2 Å². The quantitative estimate of drug-likeness (QED) is 0.835. The lowest BCUT2D eigenvalue weighted by Crippen LogP contribution is -2.62. The zero-order valence-corrected chi connectivity index (χ0v) is 17.1. The molecule has 1 heterocycles. The molecule has 1 aliphatic heterocycles. The molecular weight excluding hydrogens is 312 g/mol. The number of methoxy groups -OCH3 is 1. The van der Waals surface area contributed by atoms with Crippen LogP contribution in [0.4, 0.5) is 0 Å². The number of carbonyl (C=O) groups is 1. The van der Waals surface area contributed by atoms with E-state index in [0.29, 0.717) is 5.92 Å². The van der Waals surface area contributed by atoms with Gasteiger partial charge in [0, 0.05) is 22.6 Å². The number of likely N-dealkylation sites (tertiary alicyclic amines) is 1. The summed E-state index contributed by atoms with van der Waals surface area (Å²) in [5.74, 6) is 1.21. The van der Waals surface area contributed by atoms with Crippen molar-refractivity contribution < 1.29 is 9.53 Å². The standard InChI is InChI=1S/C21H36N2O2/c1-8-14(2)17-15(10-11-16(25-7)18(17)22)19(24)23-20(3,4)12-9-13-21(23,5)6/h10-11,14,17-18H,8-9,12-13,22H2,1-7H3/t14?,17-,18-/m0/s1. The number of carbonyl (C=O) groups excluding carboxylic acids is 1. The Hall–Kier alpha value is -1.29. The summed E-state index contributed by atoms with van der Waals surface area (Å²) in [5.41, 5.74) is 7.05. The Labute approximate surface area is 153 Å². The van der Waals surface area contributed by atoms with Gasteiger partial charge in [-0.15, -0.1) is 0 Å². The van der Waals surface area contributed by atoms with Gasteiger partial charge in [-0.3, -0.25) is 4.79 Å². The summed E-state index contributed by atoms with van der Waals surface area (Å²) in [6.07, 6.45) is 8.03. The molecule has 1 fully saturated rings. The average Bonchev–Trinajstić information content (AvgIpc) is 2.51. The number of hydrogen-bond acceptors (Lipinski definition) is 3. The lowest BCUT2D eigenvalue weighted by molar-refractivity contribution is -0.145. The molecule has 1 amide bonds. The van der Waals surface area contributed by atoms with E-state index in [0.717, 1.165) is 37.0 Å². The summed E-state index contributed by atoms with van der Waals surface area (Å²) in [6, 6.07) is -0.264. The summed E-state index contributed by atoms with van der Waals surface area (Å²) in [5, 5.41) is 0. The molecule has 4 heteroatoms. The first-order chi connectivity index (χ1) is 11.6. The minimum absolute atomic E-state index is 0.00836. The van der Waals surface area contributed by atoms with Crippen LogP contribution in [0.25, 0.3) is 0 Å². The molecule has 1 saturated heterocycles. The molecule has 0 aromatic carbocycles. The van der Waals surface area contributed by atoms with E-state index >= 15 is 0 Å². The number of rotatable bonds is 4. The topological polar surface area (TPSA) is 55.6 Å². The molecule has 142 valence electrons. The van der Waals surface area contributed by atoms with E-state index < -0.39 is 0 Å². The fourth-order valence-corrected chi connectivity index (χ4v) is 4.77. The third-order valence-electron chi connectivity index (χ3n) is 6.23. The maximum atomic E-state index is 13.7. The Morgan fingerprint density at radius 2 is 1.84 bits per heavy atom. The number of nitrogens with two attached hydrogens (primary N) is 1. The van der Waals surface area contributed by atoms with Gasteiger partial charge in [0.2, 0.25) is 0 Å². The van der Waals surface area contributed by atoms with Crippen molar-refractivity contribution in [3.63, 3.8) is 0 Å². The molecule has 2 rings (SSSR count). The van der Waals surface area contributed by atoms with Crippen molar-refractivity contribution in [2.45, 2.75) is 84.3 Å². The summed E-state index contributed by atoms with van der Waals surface area (Å²) >= 11 is 0. The van der Waals surface area contributed by atoms with Crippen LogP contribution in [0.3, 0.4) is 0 Å². The van der Waals surface area contributed by atoms with Gasteiger partial charge in [0.1, 0.15) is 5.76 Å². The predicted octanol–water partition coefficient (Wildman–Crippen LogP) is 4.02. The largest absolute Gasteiger partial charge is 0.499 e. The van der Waals surface area contributed by atoms with Crippen molar-refractivity contribution in [2.75, 3.05) is 7.11 Å². The Kier molecular flexibility index (Phi) is 5.72. The molecule has 0 aromatic heterocycles. The highest BCUT2D eigenvalue weighted by Gasteiger charge is 2.47. The predicted molar refractivity (Wildman–Crippen MR) is 103 cm³/mol. The number of allylic oxidation sites excluding steroid dienone is 2. The Morgan fingerprint density at radius 3 is 2.32 bits per heavy atom. The fraction of sp³-hybridized carbons (Fsp3) is 0.762. The molecule has 4 nitrogen and oxygen atoms in total. The lowest BCUT2D eigenvalue weighted by Gasteiger charge is -2.54. The molecule has 25 heavy (non-hydrogen) atoms. The van der Waals surface area contributed by atoms with Crippen LogP contribution in [0.15, 0.2) is 23.5 Å². The van der Waals surface area contributed by atoms with Crippen molar-refractivity contribution in [3.8, 4) is 0 Å². The van der Waals surface area contributed by atoms with Crippen LogP contribution in [-0.2, 0) is 9.53 Å². The summed E-state index contributed by atoms with van der Waals surface area (Å²) in [6.45, 7) is 13.1. The average molecular weight is 349 g/mol. The minimum atomic E-state index is -0.264. The number of hydrogen-bond donors (Lipinski definition) is 1. The maximum Gasteiger partial charge on any atom is 0.251 e. The van der Waals surface area contributed by atoms with E-state index in [1.165, 1.54) is 0 Å². The highest BCUT2D eigenvalue weighted by atomic mass is 16.5. The van der Waals surface area contributed by atoms with Gasteiger partial charge in [-0.05, 0) is 65.0 Å². The number of amides is 1. The molecule has 2 aliphatic rings. The van der Waals surface area contributed by atoms with Crippen LogP contribution < -0.4 is 5.73 Å². The lowest BCUT2D eigenvalue weighted by atomic mass is 9.74. The molecule has 1 aliphatic carbocycles. The Balaban J connectivity index is 2.47. The maximum absolute atomic E-state index is 13.7. The second kappa shape index (κ2) is 7.14. The Bertz CT molecular complexity index is 558. The zero-order chi connectivity index (χ0) is 19.0. The second-order valence-electron chi connectivity index (χ2n) is 8.95. The van der Waals surface area contributed by atoms with Crippen LogP contribution in [-0.4, -0.2) is 35.0 Å². The fourth-order valence-electron chi connectivity index (χ4n) is 4.77. The van der Waals surface area contributed by atoms with Crippen LogP contribution in [0.2, 0.25) is 0 Å². The molecule has 0 spiro atoms. The molecule has 0 saturated carbocycles. The summed E-state index contributed by atoms with van der Waals surface area (Å²) < 4.78 is 5.45. The van der Waals surface area contributed by atoms with Crippen molar-refractivity contribution in [1.82, 2.24) is 4.90 Å². The van der Waals surface area contributed by atoms with Gasteiger partial charge in [0.25, 0.3) is 5.91 Å². The van der Waals surface area contributed by atoms with Crippen LogP contribution in [0.1, 0.15) is 67.2 Å². The van der Waals surface area contributed by atoms with Crippen LogP contribution >= 0.6 is 0 Å². The third-order valence-corrected chi connectivity index (χ3v) is 6.23. The normalized spacial score (nSPS) is 29.5. The first-order valence-electron chi connectivity index (χ1n) is 9.63. The zero-order valence-electron chi connectivity index (χ0n) is 17.1. The monoisotopic (exact) mass is 348 g/mol. The molecule has 0 radical (unpaired) electrons. The highest BCUT2D eigenvalue weighted by molar-refractivity contribution is 5.96. The molecule has 2 N–H and O–H groups in total. The van der Waals surface area contributed by atoms with Gasteiger partial charge in [0.15, 0.2) is 0 Å². The highest BCUT2D eigenvalue weighted by Crippen LogP contribution is 2.42. The third kappa shape index (κ3) is 3.64. The minimum Gasteiger partial charge on any atom is -0.499 e. The van der Waals surface area contributed by atoms with Crippen molar-refractivity contribution in [1.29, 1.82) is 0 Å². The first kappa shape index (κ1) is 20.0. The van der Waals surface area contributed by atoms with Crippen molar-refractivity contribution in [2.24, 2.45) is 17.6 Å². The van der Waals surface area contributed by atoms with Crippen LogP contribution in [0, 0.1) is 11.8 Å². The van der Waals surface area contributed by atoms with Gasteiger partial charge in [-0.1, -0.05) is 20.3 Å². The SMILES string of the molecule is CCC(C)[C@H]1C(C(=O)N2C(C)(C)CCCC2(C)C)=CC=C(OC)[C@@H]1N. The number of nitrogens with zero attached hydrogens (tertiary/aromatic N) is 1. The smallest absolute Gasteiger partial charge is 0.251 e. The van der Waals surface area contributed by atoms with Crippen molar-refractivity contribution >= 4 is 5.91 Å². The summed E-state index contributed by atoms with van der Waals surface area (Å²) in [4.78, 5) is 15.8. The van der Waals surface area contributed by atoms with Crippen LogP contribution in [0.5, 0.6) is 0 Å². The van der Waals surface area contributed by atoms with Gasteiger partial charge < -0.3 is 15.4 Å². The Morgan fingerprint density at radius 1 is 1.28 bits per heavy atom. The van der Waals surface area contributed by atoms with Crippen molar-refractivity contribution in [3.05, 3.63) is 23.5 Å². The molecule has 0 bridgehead atoms. The molecule has 0 aromatic rings.